The average molecular weight is 443 g/mol. The molecule has 32 heavy (non-hydrogen) atoms. The summed E-state index contributed by atoms with van der Waals surface area (Å²) in [5.74, 6) is -1.03. The second kappa shape index (κ2) is 9.58. The van der Waals surface area contributed by atoms with Gasteiger partial charge in [0.1, 0.15) is 5.01 Å². The van der Waals surface area contributed by atoms with Crippen molar-refractivity contribution in [1.29, 1.82) is 0 Å². The number of thiazole rings is 1. The van der Waals surface area contributed by atoms with E-state index in [1.54, 1.807) is 12.3 Å². The largest absolute Gasteiger partial charge is 0.448 e. The van der Waals surface area contributed by atoms with Crippen LogP contribution < -0.4 is 5.32 Å². The van der Waals surface area contributed by atoms with Crippen LogP contribution in [-0.2, 0) is 9.53 Å². The lowest BCUT2D eigenvalue weighted by Crippen LogP contribution is -2.30. The molecule has 0 spiro atoms. The summed E-state index contributed by atoms with van der Waals surface area (Å²) in [6.45, 7) is 3.56. The Morgan fingerprint density at radius 2 is 1.59 bits per heavy atom. The minimum absolute atomic E-state index is 0.190. The first kappa shape index (κ1) is 21.5. The highest BCUT2D eigenvalue weighted by Gasteiger charge is 2.22. The van der Waals surface area contributed by atoms with Gasteiger partial charge in [-0.2, -0.15) is 0 Å². The number of rotatable bonds is 6. The van der Waals surface area contributed by atoms with Crippen molar-refractivity contribution in [2.45, 2.75) is 20.0 Å². The lowest BCUT2D eigenvalue weighted by molar-refractivity contribution is -0.123. The molecule has 4 aromatic rings. The highest BCUT2D eigenvalue weighted by Crippen LogP contribution is 2.28. The van der Waals surface area contributed by atoms with Gasteiger partial charge in [-0.15, -0.1) is 11.3 Å². The first-order chi connectivity index (χ1) is 15.5. The molecule has 0 saturated carbocycles. The van der Waals surface area contributed by atoms with Gasteiger partial charge in [0.15, 0.2) is 11.8 Å². The summed E-state index contributed by atoms with van der Waals surface area (Å²) in [6, 6.07) is 25.2. The molecule has 4 rings (SSSR count). The summed E-state index contributed by atoms with van der Waals surface area (Å²) in [6.07, 6.45) is -0.976. The van der Waals surface area contributed by atoms with Gasteiger partial charge in [0, 0.05) is 22.2 Å². The van der Waals surface area contributed by atoms with Crippen LogP contribution in [0.5, 0.6) is 0 Å². The predicted octanol–water partition coefficient (Wildman–Crippen LogP) is 5.97. The third kappa shape index (κ3) is 4.92. The van der Waals surface area contributed by atoms with Gasteiger partial charge < -0.3 is 10.1 Å². The highest BCUT2D eigenvalue weighted by molar-refractivity contribution is 7.13. The standard InChI is InChI=1S/C26H22N2O3S/c1-17-12-14-20(15-13-17)25-28-23(16-32-25)26(30)31-18(2)24(29)27-22-11-7-6-10-21(22)19-8-4-3-5-9-19/h3-16,18H,1-2H3,(H,27,29). The lowest BCUT2D eigenvalue weighted by atomic mass is 10.0. The average Bonchev–Trinajstić information content (AvgIpc) is 3.31. The molecule has 5 nitrogen and oxygen atoms in total. The summed E-state index contributed by atoms with van der Waals surface area (Å²) in [5, 5.41) is 5.24. The number of carbonyl (C=O) groups is 2. The number of esters is 1. The first-order valence-electron chi connectivity index (χ1n) is 10.2. The Morgan fingerprint density at radius 1 is 0.906 bits per heavy atom. The third-order valence-electron chi connectivity index (χ3n) is 4.93. The number of hydrogen-bond donors (Lipinski definition) is 1. The van der Waals surface area contributed by atoms with Crippen molar-refractivity contribution in [3.8, 4) is 21.7 Å². The molecule has 1 amide bonds. The van der Waals surface area contributed by atoms with Crippen LogP contribution in [0.1, 0.15) is 23.0 Å². The number of aromatic nitrogens is 1. The van der Waals surface area contributed by atoms with Crippen molar-refractivity contribution in [2.24, 2.45) is 0 Å². The molecule has 1 N–H and O–H groups in total. The number of nitrogens with one attached hydrogen (secondary N) is 1. The molecule has 0 saturated heterocycles. The monoisotopic (exact) mass is 442 g/mol. The Bertz CT molecular complexity index is 1230. The van der Waals surface area contributed by atoms with Crippen molar-refractivity contribution < 1.29 is 14.3 Å². The molecule has 0 aliphatic rings. The predicted molar refractivity (Wildman–Crippen MR) is 128 cm³/mol. The summed E-state index contributed by atoms with van der Waals surface area (Å²) in [7, 11) is 0. The Morgan fingerprint density at radius 3 is 2.34 bits per heavy atom. The third-order valence-corrected chi connectivity index (χ3v) is 5.83. The molecule has 0 fully saturated rings. The summed E-state index contributed by atoms with van der Waals surface area (Å²) < 4.78 is 5.38. The van der Waals surface area contributed by atoms with E-state index in [0.717, 1.165) is 27.3 Å². The zero-order valence-electron chi connectivity index (χ0n) is 17.7. The number of benzene rings is 3. The Labute approximate surface area is 190 Å². The van der Waals surface area contributed by atoms with Crippen molar-refractivity contribution in [3.63, 3.8) is 0 Å². The maximum atomic E-state index is 12.7. The van der Waals surface area contributed by atoms with E-state index in [1.807, 2.05) is 85.8 Å². The summed E-state index contributed by atoms with van der Waals surface area (Å²) in [4.78, 5) is 29.6. The second-order valence-corrected chi connectivity index (χ2v) is 8.21. The Balaban J connectivity index is 1.43. The molecule has 0 aliphatic heterocycles. The number of nitrogens with zero attached hydrogens (tertiary/aromatic N) is 1. The van der Waals surface area contributed by atoms with Crippen LogP contribution in [0.25, 0.3) is 21.7 Å². The van der Waals surface area contributed by atoms with Crippen LogP contribution in [-0.4, -0.2) is 23.0 Å². The highest BCUT2D eigenvalue weighted by atomic mass is 32.1. The van der Waals surface area contributed by atoms with E-state index in [0.29, 0.717) is 5.69 Å². The normalized spacial score (nSPS) is 11.6. The summed E-state index contributed by atoms with van der Waals surface area (Å²) >= 11 is 1.36. The number of anilines is 1. The van der Waals surface area contributed by atoms with Crippen LogP contribution in [0.3, 0.4) is 0 Å². The molecule has 6 heteroatoms. The topological polar surface area (TPSA) is 68.3 Å². The van der Waals surface area contributed by atoms with Crippen LogP contribution in [0.2, 0.25) is 0 Å². The van der Waals surface area contributed by atoms with Gasteiger partial charge >= 0.3 is 5.97 Å². The quantitative estimate of drug-likeness (QED) is 0.374. The Kier molecular flexibility index (Phi) is 6.42. The minimum atomic E-state index is -0.976. The van der Waals surface area contributed by atoms with Gasteiger partial charge in [-0.25, -0.2) is 9.78 Å². The van der Waals surface area contributed by atoms with E-state index in [4.69, 9.17) is 4.74 Å². The maximum Gasteiger partial charge on any atom is 0.358 e. The number of para-hydroxylation sites is 1. The molecular weight excluding hydrogens is 420 g/mol. The fourth-order valence-electron chi connectivity index (χ4n) is 3.17. The second-order valence-electron chi connectivity index (χ2n) is 7.35. The molecule has 3 aromatic carbocycles. The van der Waals surface area contributed by atoms with Crippen molar-refractivity contribution in [2.75, 3.05) is 5.32 Å². The van der Waals surface area contributed by atoms with Gasteiger partial charge in [-0.1, -0.05) is 78.4 Å². The lowest BCUT2D eigenvalue weighted by Gasteiger charge is -2.15. The molecule has 1 aromatic heterocycles. The fourth-order valence-corrected chi connectivity index (χ4v) is 3.96. The first-order valence-corrected chi connectivity index (χ1v) is 11.1. The Hall–Kier alpha value is -3.77. The molecule has 0 aliphatic carbocycles. The molecule has 0 radical (unpaired) electrons. The van der Waals surface area contributed by atoms with E-state index >= 15 is 0 Å². The van der Waals surface area contributed by atoms with Gasteiger partial charge in [-0.05, 0) is 25.5 Å². The van der Waals surface area contributed by atoms with E-state index in [1.165, 1.54) is 11.3 Å². The minimum Gasteiger partial charge on any atom is -0.448 e. The zero-order valence-corrected chi connectivity index (χ0v) is 18.6. The van der Waals surface area contributed by atoms with E-state index in [-0.39, 0.29) is 5.69 Å². The van der Waals surface area contributed by atoms with E-state index in [9.17, 15) is 9.59 Å². The van der Waals surface area contributed by atoms with Gasteiger partial charge in [0.25, 0.3) is 5.91 Å². The molecule has 0 bridgehead atoms. The number of hydrogen-bond acceptors (Lipinski definition) is 5. The number of ether oxygens (including phenoxy) is 1. The molecule has 1 heterocycles. The molecule has 1 atom stereocenters. The number of amides is 1. The maximum absolute atomic E-state index is 12.7. The van der Waals surface area contributed by atoms with Crippen LogP contribution in [0.4, 0.5) is 5.69 Å². The van der Waals surface area contributed by atoms with Crippen LogP contribution >= 0.6 is 11.3 Å². The SMILES string of the molecule is Cc1ccc(-c2nc(C(=O)OC(C)C(=O)Nc3ccccc3-c3ccccc3)cs2)cc1. The zero-order chi connectivity index (χ0) is 22.5. The summed E-state index contributed by atoms with van der Waals surface area (Å²) in [5.41, 5.74) is 4.81. The van der Waals surface area contributed by atoms with Gasteiger partial charge in [0.2, 0.25) is 0 Å². The molecular formula is C26H22N2O3S. The molecule has 1 unspecified atom stereocenters. The van der Waals surface area contributed by atoms with E-state index < -0.39 is 18.0 Å². The van der Waals surface area contributed by atoms with Gasteiger partial charge in [-0.3, -0.25) is 4.79 Å². The van der Waals surface area contributed by atoms with Crippen molar-refractivity contribution in [1.82, 2.24) is 4.98 Å². The fraction of sp³-hybridized carbons (Fsp3) is 0.115. The van der Waals surface area contributed by atoms with Crippen molar-refractivity contribution in [3.05, 3.63) is 95.5 Å². The van der Waals surface area contributed by atoms with Crippen molar-refractivity contribution >= 4 is 28.9 Å². The van der Waals surface area contributed by atoms with Gasteiger partial charge in [0.05, 0.1) is 0 Å². The smallest absolute Gasteiger partial charge is 0.358 e. The molecule has 160 valence electrons. The number of carbonyl (C=O) groups excluding carboxylic acids is 2. The van der Waals surface area contributed by atoms with Crippen LogP contribution in [0.15, 0.2) is 84.2 Å². The van der Waals surface area contributed by atoms with E-state index in [2.05, 4.69) is 10.3 Å². The number of aryl methyl sites for hydroxylation is 1. The van der Waals surface area contributed by atoms with Crippen LogP contribution in [0, 0.1) is 6.92 Å².